The molecule has 0 saturated carbocycles. The molecule has 26 heavy (non-hydrogen) atoms. The molecule has 0 N–H and O–H groups in total. The van der Waals surface area contributed by atoms with Crippen LogP contribution in [0, 0.1) is 0 Å². The van der Waals surface area contributed by atoms with Crippen LogP contribution in [0.1, 0.15) is 12.5 Å². The molecule has 132 valence electrons. The van der Waals surface area contributed by atoms with E-state index >= 15 is 0 Å². The summed E-state index contributed by atoms with van der Waals surface area (Å²) >= 11 is 3.26. The van der Waals surface area contributed by atoms with Crippen molar-refractivity contribution in [2.45, 2.75) is 6.92 Å². The topological polar surface area (TPSA) is 48.1 Å². The number of hydrogen-bond donors (Lipinski definition) is 0. The number of benzene rings is 1. The third-order valence-electron chi connectivity index (χ3n) is 3.85. The Kier molecular flexibility index (Phi) is 4.73. The molecule has 0 aliphatic carbocycles. The molecule has 0 spiro atoms. The maximum absolute atomic E-state index is 5.47. The molecule has 0 saturated heterocycles. The van der Waals surface area contributed by atoms with E-state index in [2.05, 4.69) is 28.4 Å². The first kappa shape index (κ1) is 16.8. The summed E-state index contributed by atoms with van der Waals surface area (Å²) in [4.78, 5) is 6.57. The number of ether oxygens (including phenoxy) is 2. The van der Waals surface area contributed by atoms with Crippen molar-refractivity contribution in [1.29, 1.82) is 0 Å². The zero-order valence-corrected chi connectivity index (χ0v) is 15.8. The van der Waals surface area contributed by atoms with Gasteiger partial charge in [-0.2, -0.15) is 5.10 Å². The highest BCUT2D eigenvalue weighted by molar-refractivity contribution is 7.14. The molecule has 0 fully saturated rings. The van der Waals surface area contributed by atoms with E-state index < -0.39 is 0 Å². The Morgan fingerprint density at radius 3 is 2.96 bits per heavy atom. The second-order valence-electron chi connectivity index (χ2n) is 5.58. The lowest BCUT2D eigenvalue weighted by Gasteiger charge is -2.06. The highest BCUT2D eigenvalue weighted by Gasteiger charge is 2.15. The first-order valence-corrected chi connectivity index (χ1v) is 9.83. The SMILES string of the molecule is C=CCN=c1scc(-c2cccs2)n1N=C(C)c1ccc2c(c1)OCO2. The summed E-state index contributed by atoms with van der Waals surface area (Å²) < 4.78 is 12.8. The molecule has 0 bridgehead atoms. The Balaban J connectivity index is 1.79. The Morgan fingerprint density at radius 2 is 2.15 bits per heavy atom. The summed E-state index contributed by atoms with van der Waals surface area (Å²) in [6.45, 7) is 6.55. The van der Waals surface area contributed by atoms with E-state index in [0.717, 1.165) is 38.1 Å². The normalized spacial score (nSPS) is 14.0. The first-order chi connectivity index (χ1) is 12.8. The summed E-state index contributed by atoms with van der Waals surface area (Å²) in [5.41, 5.74) is 2.90. The summed E-state index contributed by atoms with van der Waals surface area (Å²) in [5.74, 6) is 1.52. The lowest BCUT2D eigenvalue weighted by Crippen LogP contribution is -2.14. The van der Waals surface area contributed by atoms with Crippen molar-refractivity contribution in [3.63, 3.8) is 0 Å². The highest BCUT2D eigenvalue weighted by Crippen LogP contribution is 2.33. The largest absolute Gasteiger partial charge is 0.454 e. The van der Waals surface area contributed by atoms with Gasteiger partial charge < -0.3 is 9.47 Å². The number of aromatic nitrogens is 1. The average molecular weight is 383 g/mol. The second-order valence-corrected chi connectivity index (χ2v) is 7.36. The molecule has 0 radical (unpaired) electrons. The van der Waals surface area contributed by atoms with Crippen LogP contribution in [0.2, 0.25) is 0 Å². The molecule has 3 aromatic rings. The molecule has 3 heterocycles. The van der Waals surface area contributed by atoms with E-state index in [1.165, 1.54) is 0 Å². The summed E-state index contributed by atoms with van der Waals surface area (Å²) in [6.07, 6.45) is 1.78. The minimum Gasteiger partial charge on any atom is -0.454 e. The Hall–Kier alpha value is -2.64. The number of thiazole rings is 1. The molecule has 4 rings (SSSR count). The van der Waals surface area contributed by atoms with Crippen LogP contribution in [0.15, 0.2) is 63.8 Å². The van der Waals surface area contributed by atoms with Gasteiger partial charge in [-0.3, -0.25) is 4.99 Å². The van der Waals surface area contributed by atoms with Crippen molar-refractivity contribution in [2.24, 2.45) is 10.1 Å². The van der Waals surface area contributed by atoms with E-state index in [1.54, 1.807) is 28.7 Å². The lowest BCUT2D eigenvalue weighted by atomic mass is 10.1. The molecule has 0 amide bonds. The predicted octanol–water partition coefficient (Wildman–Crippen LogP) is 4.37. The summed E-state index contributed by atoms with van der Waals surface area (Å²) in [7, 11) is 0. The van der Waals surface area contributed by atoms with Crippen LogP contribution in [0.4, 0.5) is 0 Å². The standard InChI is InChI=1S/C19H17N3O2S2/c1-3-8-20-19-22(15(11-26-19)18-5-4-9-25-18)21-13(2)14-6-7-16-17(10-14)24-12-23-16/h3-7,9-11H,1,8,12H2,2H3. The van der Waals surface area contributed by atoms with Crippen LogP contribution >= 0.6 is 22.7 Å². The van der Waals surface area contributed by atoms with Gasteiger partial charge in [-0.15, -0.1) is 29.3 Å². The van der Waals surface area contributed by atoms with E-state index in [-0.39, 0.29) is 6.79 Å². The van der Waals surface area contributed by atoms with Gasteiger partial charge in [-0.05, 0) is 36.6 Å². The molecular weight excluding hydrogens is 366 g/mol. The highest BCUT2D eigenvalue weighted by atomic mass is 32.1. The van der Waals surface area contributed by atoms with Crippen molar-refractivity contribution in [2.75, 3.05) is 13.3 Å². The third-order valence-corrected chi connectivity index (χ3v) is 5.60. The molecule has 5 nitrogen and oxygen atoms in total. The maximum Gasteiger partial charge on any atom is 0.231 e. The fraction of sp³-hybridized carbons (Fsp3) is 0.158. The smallest absolute Gasteiger partial charge is 0.231 e. The lowest BCUT2D eigenvalue weighted by molar-refractivity contribution is 0.174. The molecule has 1 aliphatic heterocycles. The Bertz CT molecular complexity index is 1030. The number of thiophene rings is 1. The second kappa shape index (κ2) is 7.31. The Morgan fingerprint density at radius 1 is 1.27 bits per heavy atom. The van der Waals surface area contributed by atoms with Crippen molar-refractivity contribution >= 4 is 28.4 Å². The number of nitrogens with zero attached hydrogens (tertiary/aromatic N) is 3. The van der Waals surface area contributed by atoms with Gasteiger partial charge in [0.05, 0.1) is 22.8 Å². The zero-order chi connectivity index (χ0) is 17.9. The van der Waals surface area contributed by atoms with Crippen LogP contribution in [0.3, 0.4) is 0 Å². The van der Waals surface area contributed by atoms with Gasteiger partial charge in [-0.1, -0.05) is 12.1 Å². The molecule has 1 aliphatic rings. The monoisotopic (exact) mass is 383 g/mol. The van der Waals surface area contributed by atoms with Gasteiger partial charge in [0.1, 0.15) is 0 Å². The van der Waals surface area contributed by atoms with E-state index in [0.29, 0.717) is 6.54 Å². The average Bonchev–Trinajstić information content (AvgIpc) is 3.39. The molecule has 1 aromatic carbocycles. The van der Waals surface area contributed by atoms with E-state index in [9.17, 15) is 0 Å². The van der Waals surface area contributed by atoms with Crippen molar-refractivity contribution < 1.29 is 9.47 Å². The Labute approximate surface area is 159 Å². The van der Waals surface area contributed by atoms with Gasteiger partial charge >= 0.3 is 0 Å². The fourth-order valence-electron chi connectivity index (χ4n) is 2.57. The van der Waals surface area contributed by atoms with Gasteiger partial charge in [0.25, 0.3) is 0 Å². The number of hydrogen-bond acceptors (Lipinski definition) is 6. The van der Waals surface area contributed by atoms with Crippen molar-refractivity contribution in [1.82, 2.24) is 4.68 Å². The number of fused-ring (bicyclic) bond motifs is 1. The van der Waals surface area contributed by atoms with Gasteiger partial charge in [0, 0.05) is 10.9 Å². The zero-order valence-electron chi connectivity index (χ0n) is 14.2. The van der Waals surface area contributed by atoms with Crippen molar-refractivity contribution in [3.05, 3.63) is 64.1 Å². The minimum atomic E-state index is 0.265. The van der Waals surface area contributed by atoms with E-state index in [4.69, 9.17) is 14.6 Å². The predicted molar refractivity (Wildman–Crippen MR) is 106 cm³/mol. The van der Waals surface area contributed by atoms with Crippen LogP contribution in [-0.2, 0) is 0 Å². The maximum atomic E-state index is 5.47. The van der Waals surface area contributed by atoms with Crippen LogP contribution < -0.4 is 14.3 Å². The van der Waals surface area contributed by atoms with Crippen LogP contribution in [-0.4, -0.2) is 23.7 Å². The quantitative estimate of drug-likeness (QED) is 0.485. The molecule has 0 atom stereocenters. The minimum absolute atomic E-state index is 0.265. The van der Waals surface area contributed by atoms with Gasteiger partial charge in [-0.25, -0.2) is 4.68 Å². The third kappa shape index (κ3) is 3.23. The summed E-state index contributed by atoms with van der Waals surface area (Å²) in [5, 5.41) is 9.00. The van der Waals surface area contributed by atoms with Gasteiger partial charge in [0.15, 0.2) is 11.5 Å². The first-order valence-electron chi connectivity index (χ1n) is 8.07. The number of rotatable bonds is 5. The van der Waals surface area contributed by atoms with Crippen LogP contribution in [0.25, 0.3) is 10.6 Å². The molecule has 2 aromatic heterocycles. The van der Waals surface area contributed by atoms with Gasteiger partial charge in [0.2, 0.25) is 11.6 Å². The van der Waals surface area contributed by atoms with Crippen LogP contribution in [0.5, 0.6) is 11.5 Å². The van der Waals surface area contributed by atoms with Crippen molar-refractivity contribution in [3.8, 4) is 22.1 Å². The fourth-order valence-corrected chi connectivity index (χ4v) is 4.20. The van der Waals surface area contributed by atoms with E-state index in [1.807, 2.05) is 35.9 Å². The summed E-state index contributed by atoms with van der Waals surface area (Å²) in [6, 6.07) is 9.99. The molecule has 7 heteroatoms. The molecule has 0 unspecified atom stereocenters. The molecular formula is C19H17N3O2S2.